The number of nitrogens with one attached hydrogen (secondary N) is 1. The highest BCUT2D eigenvalue weighted by Gasteiger charge is 2.53. The Morgan fingerprint density at radius 3 is 2.94 bits per heavy atom. The largest absolute Gasteiger partial charge is 0.326 e. The van der Waals surface area contributed by atoms with Gasteiger partial charge in [-0.25, -0.2) is 0 Å². The molecule has 0 bridgehead atoms. The number of terminal acetylenes is 1. The zero-order chi connectivity index (χ0) is 12.4. The van der Waals surface area contributed by atoms with E-state index in [-0.39, 0.29) is 5.91 Å². The van der Waals surface area contributed by atoms with Crippen LogP contribution in [0.4, 0.5) is 5.69 Å². The molecule has 1 aromatic carbocycles. The maximum atomic E-state index is 11.6. The molecular formula is C12H10N2O3. The lowest BCUT2D eigenvalue weighted by Gasteiger charge is -2.03. The minimum absolute atomic E-state index is 0.313. The fourth-order valence-corrected chi connectivity index (χ4v) is 1.62. The number of anilines is 1. The number of nitrogens with zero attached hydrogens (tertiary/aromatic N) is 1. The molecule has 1 fully saturated rings. The fraction of sp³-hybridized carbons (Fsp3) is 0.250. The van der Waals surface area contributed by atoms with Gasteiger partial charge in [-0.1, -0.05) is 12.0 Å². The summed E-state index contributed by atoms with van der Waals surface area (Å²) in [6.45, 7) is 0. The molecule has 0 saturated heterocycles. The predicted octanol–water partition coefficient (Wildman–Crippen LogP) is 1.27. The van der Waals surface area contributed by atoms with Gasteiger partial charge in [-0.15, -0.1) is 6.42 Å². The lowest BCUT2D eigenvalue weighted by atomic mass is 10.2. The average Bonchev–Trinajstić information content (AvgIpc) is 3.09. The van der Waals surface area contributed by atoms with Gasteiger partial charge in [0.1, 0.15) is 5.92 Å². The zero-order valence-corrected chi connectivity index (χ0v) is 8.92. The lowest BCUT2D eigenvalue weighted by Crippen LogP contribution is -2.18. The molecule has 5 heteroatoms. The molecule has 0 aliphatic heterocycles. The van der Waals surface area contributed by atoms with Gasteiger partial charge in [-0.2, -0.15) is 0 Å². The Hall–Kier alpha value is -2.35. The van der Waals surface area contributed by atoms with Crippen LogP contribution < -0.4 is 5.32 Å². The van der Waals surface area contributed by atoms with Gasteiger partial charge in [0.15, 0.2) is 0 Å². The van der Waals surface area contributed by atoms with Crippen molar-refractivity contribution in [3.8, 4) is 12.3 Å². The summed E-state index contributed by atoms with van der Waals surface area (Å²) in [6, 6.07) is 6.09. The van der Waals surface area contributed by atoms with E-state index in [4.69, 9.17) is 6.42 Å². The SMILES string of the molecule is C#Cc1cccc(NC(=O)[C@@H]2C[C@H]2[N+](=O)[O-])c1. The molecule has 1 aliphatic rings. The van der Waals surface area contributed by atoms with Crippen molar-refractivity contribution in [2.75, 3.05) is 5.32 Å². The molecule has 2 atom stereocenters. The Bertz CT molecular complexity index is 519. The van der Waals surface area contributed by atoms with E-state index in [2.05, 4.69) is 11.2 Å². The Kier molecular flexibility index (Phi) is 2.79. The van der Waals surface area contributed by atoms with Gasteiger partial charge in [-0.3, -0.25) is 14.9 Å². The highest BCUT2D eigenvalue weighted by atomic mass is 16.6. The number of hydrogen-bond donors (Lipinski definition) is 1. The second-order valence-electron chi connectivity index (χ2n) is 3.91. The summed E-state index contributed by atoms with van der Waals surface area (Å²) in [5.41, 5.74) is 1.23. The summed E-state index contributed by atoms with van der Waals surface area (Å²) in [7, 11) is 0. The maximum Gasteiger partial charge on any atom is 0.234 e. The summed E-state index contributed by atoms with van der Waals surface area (Å²) in [4.78, 5) is 21.6. The first kappa shape index (κ1) is 11.1. The van der Waals surface area contributed by atoms with Gasteiger partial charge in [-0.05, 0) is 18.2 Å². The molecule has 17 heavy (non-hydrogen) atoms. The molecule has 0 aromatic heterocycles. The number of benzene rings is 1. The topological polar surface area (TPSA) is 72.2 Å². The van der Waals surface area contributed by atoms with E-state index in [1.54, 1.807) is 24.3 Å². The summed E-state index contributed by atoms with van der Waals surface area (Å²) >= 11 is 0. The third-order valence-corrected chi connectivity index (χ3v) is 2.66. The van der Waals surface area contributed by atoms with E-state index >= 15 is 0 Å². The summed E-state index contributed by atoms with van der Waals surface area (Å²) < 4.78 is 0. The first-order chi connectivity index (χ1) is 8.11. The van der Waals surface area contributed by atoms with E-state index in [1.807, 2.05) is 0 Å². The van der Waals surface area contributed by atoms with Gasteiger partial charge < -0.3 is 5.32 Å². The smallest absolute Gasteiger partial charge is 0.234 e. The number of hydrogen-bond acceptors (Lipinski definition) is 3. The van der Waals surface area contributed by atoms with E-state index in [9.17, 15) is 14.9 Å². The number of amides is 1. The van der Waals surface area contributed by atoms with Crippen LogP contribution in [0.25, 0.3) is 0 Å². The van der Waals surface area contributed by atoms with Crippen molar-refractivity contribution in [2.45, 2.75) is 12.5 Å². The molecular weight excluding hydrogens is 220 g/mol. The maximum absolute atomic E-state index is 11.6. The van der Waals surface area contributed by atoms with Crippen LogP contribution in [0.1, 0.15) is 12.0 Å². The van der Waals surface area contributed by atoms with E-state index < -0.39 is 16.9 Å². The number of nitro groups is 1. The minimum atomic E-state index is -0.731. The normalized spacial score (nSPS) is 21.4. The molecule has 1 N–H and O–H groups in total. The third kappa shape index (κ3) is 2.42. The first-order valence-electron chi connectivity index (χ1n) is 5.13. The van der Waals surface area contributed by atoms with Crippen molar-refractivity contribution in [3.05, 3.63) is 39.9 Å². The molecule has 1 saturated carbocycles. The van der Waals surface area contributed by atoms with E-state index in [0.717, 1.165) is 0 Å². The standard InChI is InChI=1S/C12H10N2O3/c1-2-8-4-3-5-9(6-8)13-12(15)10-7-11(10)14(16)17/h1,3-6,10-11H,7H2,(H,13,15)/t10-,11-/m1/s1. The molecule has 1 aromatic rings. The van der Waals surface area contributed by atoms with Crippen molar-refractivity contribution in [3.63, 3.8) is 0 Å². The van der Waals surface area contributed by atoms with Crippen LogP contribution >= 0.6 is 0 Å². The van der Waals surface area contributed by atoms with Crippen molar-refractivity contribution in [1.82, 2.24) is 0 Å². The van der Waals surface area contributed by atoms with Crippen LogP contribution in [0.15, 0.2) is 24.3 Å². The van der Waals surface area contributed by atoms with Crippen molar-refractivity contribution >= 4 is 11.6 Å². The summed E-state index contributed by atoms with van der Waals surface area (Å²) in [5, 5.41) is 13.1. The molecule has 1 aliphatic carbocycles. The molecule has 5 nitrogen and oxygen atoms in total. The average molecular weight is 230 g/mol. The minimum Gasteiger partial charge on any atom is -0.326 e. The van der Waals surface area contributed by atoms with Gasteiger partial charge in [0, 0.05) is 22.6 Å². The second kappa shape index (κ2) is 4.26. The van der Waals surface area contributed by atoms with Gasteiger partial charge in [0.2, 0.25) is 11.9 Å². The first-order valence-corrected chi connectivity index (χ1v) is 5.13. The van der Waals surface area contributed by atoms with Crippen molar-refractivity contribution in [1.29, 1.82) is 0 Å². The number of carbonyl (C=O) groups excluding carboxylic acids is 1. The molecule has 2 rings (SSSR count). The van der Waals surface area contributed by atoms with Crippen LogP contribution in [0, 0.1) is 28.4 Å². The Labute approximate surface area is 98.0 Å². The number of rotatable bonds is 3. The van der Waals surface area contributed by atoms with Gasteiger partial charge in [0.05, 0.1) is 0 Å². The molecule has 86 valence electrons. The van der Waals surface area contributed by atoms with Crippen molar-refractivity contribution < 1.29 is 9.72 Å². The highest BCUT2D eigenvalue weighted by molar-refractivity contribution is 5.94. The van der Waals surface area contributed by atoms with Crippen LogP contribution in [0.3, 0.4) is 0 Å². The number of carbonyl (C=O) groups is 1. The quantitative estimate of drug-likeness (QED) is 0.483. The van der Waals surface area contributed by atoms with Crippen LogP contribution in [-0.4, -0.2) is 16.9 Å². The summed E-state index contributed by atoms with van der Waals surface area (Å²) in [6.07, 6.45) is 5.54. The third-order valence-electron chi connectivity index (χ3n) is 2.66. The zero-order valence-electron chi connectivity index (χ0n) is 8.92. The van der Waals surface area contributed by atoms with E-state index in [1.165, 1.54) is 0 Å². The predicted molar refractivity (Wildman–Crippen MR) is 61.9 cm³/mol. The van der Waals surface area contributed by atoms with Crippen LogP contribution in [-0.2, 0) is 4.79 Å². The molecule has 0 unspecified atom stereocenters. The monoisotopic (exact) mass is 230 g/mol. The Balaban J connectivity index is 2.00. The van der Waals surface area contributed by atoms with Crippen molar-refractivity contribution in [2.24, 2.45) is 5.92 Å². The Morgan fingerprint density at radius 1 is 1.59 bits per heavy atom. The van der Waals surface area contributed by atoms with Crippen LogP contribution in [0.5, 0.6) is 0 Å². The molecule has 1 amide bonds. The van der Waals surface area contributed by atoms with Crippen LogP contribution in [0.2, 0.25) is 0 Å². The van der Waals surface area contributed by atoms with Gasteiger partial charge in [0.25, 0.3) is 0 Å². The molecule has 0 spiro atoms. The molecule has 0 heterocycles. The molecule has 0 radical (unpaired) electrons. The Morgan fingerprint density at radius 2 is 2.35 bits per heavy atom. The summed E-state index contributed by atoms with van der Waals surface area (Å²) in [5.74, 6) is 1.62. The fourth-order valence-electron chi connectivity index (χ4n) is 1.62. The lowest BCUT2D eigenvalue weighted by molar-refractivity contribution is -0.497. The second-order valence-corrected chi connectivity index (χ2v) is 3.91. The van der Waals surface area contributed by atoms with Gasteiger partial charge >= 0.3 is 0 Å². The van der Waals surface area contributed by atoms with E-state index in [0.29, 0.717) is 17.7 Å². The highest BCUT2D eigenvalue weighted by Crippen LogP contribution is 2.34.